The third-order valence-electron chi connectivity index (χ3n) is 5.06. The summed E-state index contributed by atoms with van der Waals surface area (Å²) in [4.78, 5) is 25.5. The van der Waals surface area contributed by atoms with Crippen LogP contribution in [-0.2, 0) is 0 Å². The van der Waals surface area contributed by atoms with Crippen LogP contribution in [0.1, 0.15) is 36.3 Å². The molecule has 0 amide bonds. The normalized spacial score (nSPS) is 12.0. The van der Waals surface area contributed by atoms with Crippen LogP contribution in [0, 0.1) is 17.1 Å². The van der Waals surface area contributed by atoms with E-state index < -0.39 is 23.8 Å². The highest BCUT2D eigenvalue weighted by Crippen LogP contribution is 2.27. The molecule has 5 N–H and O–H groups in total. The summed E-state index contributed by atoms with van der Waals surface area (Å²) >= 11 is 0. The molecule has 4 rings (SSSR count). The summed E-state index contributed by atoms with van der Waals surface area (Å²) in [6.45, 7) is 1.59. The maximum Gasteiger partial charge on any atom is 0.269 e. The Hall–Kier alpha value is -4.66. The van der Waals surface area contributed by atoms with Crippen LogP contribution < -0.4 is 22.3 Å². The van der Waals surface area contributed by atoms with Crippen LogP contribution in [0.25, 0.3) is 16.6 Å². The molecule has 0 bridgehead atoms. The summed E-state index contributed by atoms with van der Waals surface area (Å²) in [7, 11) is 0. The van der Waals surface area contributed by atoms with Crippen molar-refractivity contribution in [3.63, 3.8) is 0 Å². The van der Waals surface area contributed by atoms with Gasteiger partial charge in [0.25, 0.3) is 12.0 Å². The molecule has 0 aliphatic rings. The Morgan fingerprint density at radius 1 is 1.12 bits per heavy atom. The van der Waals surface area contributed by atoms with Crippen LogP contribution in [0.3, 0.4) is 0 Å². The lowest BCUT2D eigenvalue weighted by molar-refractivity contribution is 0.151. The largest absolute Gasteiger partial charge is 0.382 e. The molecule has 0 saturated carbocycles. The van der Waals surface area contributed by atoms with Gasteiger partial charge < -0.3 is 16.8 Å². The molecule has 0 saturated heterocycles. The van der Waals surface area contributed by atoms with Crippen molar-refractivity contribution < 1.29 is 13.2 Å². The average molecular weight is 466 g/mol. The zero-order valence-corrected chi connectivity index (χ0v) is 17.6. The zero-order chi connectivity index (χ0) is 24.6. The molecule has 12 heteroatoms. The fourth-order valence-corrected chi connectivity index (χ4v) is 3.53. The molecule has 34 heavy (non-hydrogen) atoms. The number of hydrogen-bond acceptors (Lipinski definition) is 8. The number of anilines is 3. The van der Waals surface area contributed by atoms with Crippen molar-refractivity contribution in [2.45, 2.75) is 19.4 Å². The predicted octanol–water partition coefficient (Wildman–Crippen LogP) is 3.46. The smallest absolute Gasteiger partial charge is 0.269 e. The van der Waals surface area contributed by atoms with Crippen molar-refractivity contribution in [2.75, 3.05) is 16.8 Å². The van der Waals surface area contributed by atoms with Gasteiger partial charge in [0.15, 0.2) is 5.82 Å². The number of rotatable bonds is 5. The Balaban J connectivity index is 1.96. The highest BCUT2D eigenvalue weighted by atomic mass is 19.3. The topological polar surface area (TPSA) is 149 Å². The highest BCUT2D eigenvalue weighted by Gasteiger charge is 2.22. The minimum Gasteiger partial charge on any atom is -0.382 e. The zero-order valence-electron chi connectivity index (χ0n) is 17.6. The van der Waals surface area contributed by atoms with Gasteiger partial charge >= 0.3 is 0 Å². The number of nitrogens with zero attached hydrogens (tertiary/aromatic N) is 5. The second-order valence-electron chi connectivity index (χ2n) is 7.31. The SMILES string of the molecule is C[C@H](Nc1nc(N)nc(N)c1C#N)c1nc2cccc(F)c2c(=O)n1-c1cccc(C(F)F)c1. The van der Waals surface area contributed by atoms with Crippen LogP contribution in [0.4, 0.5) is 30.8 Å². The maximum atomic E-state index is 14.5. The number of hydrogen-bond donors (Lipinski definition) is 3. The fraction of sp³-hybridized carbons (Fsp3) is 0.136. The van der Waals surface area contributed by atoms with Gasteiger partial charge in [-0.2, -0.15) is 15.2 Å². The molecule has 0 spiro atoms. The Morgan fingerprint density at radius 3 is 2.56 bits per heavy atom. The highest BCUT2D eigenvalue weighted by molar-refractivity contribution is 5.79. The van der Waals surface area contributed by atoms with Crippen molar-refractivity contribution in [3.05, 3.63) is 75.6 Å². The van der Waals surface area contributed by atoms with Crippen molar-refractivity contribution in [3.8, 4) is 11.8 Å². The number of nitrogens with one attached hydrogen (secondary N) is 1. The minimum atomic E-state index is -2.79. The van der Waals surface area contributed by atoms with Crippen LogP contribution in [0.5, 0.6) is 0 Å². The van der Waals surface area contributed by atoms with Crippen molar-refractivity contribution in [1.82, 2.24) is 19.5 Å². The Labute approximate surface area is 190 Å². The first-order valence-electron chi connectivity index (χ1n) is 9.90. The fourth-order valence-electron chi connectivity index (χ4n) is 3.53. The maximum absolute atomic E-state index is 14.5. The third-order valence-corrected chi connectivity index (χ3v) is 5.06. The van der Waals surface area contributed by atoms with Crippen LogP contribution in [0.15, 0.2) is 47.3 Å². The van der Waals surface area contributed by atoms with Gasteiger partial charge in [-0.3, -0.25) is 9.36 Å². The van der Waals surface area contributed by atoms with E-state index in [0.717, 1.165) is 16.7 Å². The van der Waals surface area contributed by atoms with Gasteiger partial charge in [-0.1, -0.05) is 18.2 Å². The third kappa shape index (κ3) is 3.95. The van der Waals surface area contributed by atoms with E-state index in [1.54, 1.807) is 6.92 Å². The number of halogens is 3. The standard InChI is InChI=1S/C22H17F3N8O/c1-10(29-19-13(9-26)18(27)31-22(28)32-19)20-30-15-7-3-6-14(23)16(15)21(34)33(20)12-5-2-4-11(8-12)17(24)25/h2-8,10,17H,1H3,(H5,27,28,29,31,32)/t10-/m0/s1. The summed E-state index contributed by atoms with van der Waals surface area (Å²) in [5, 5.41) is 12.0. The summed E-state index contributed by atoms with van der Waals surface area (Å²) in [5.41, 5.74) is 10.3. The van der Waals surface area contributed by atoms with Crippen molar-refractivity contribution >= 4 is 28.5 Å². The molecule has 172 valence electrons. The second-order valence-corrected chi connectivity index (χ2v) is 7.31. The van der Waals surface area contributed by atoms with Crippen molar-refractivity contribution in [1.29, 1.82) is 5.26 Å². The van der Waals surface area contributed by atoms with Gasteiger partial charge in [0.1, 0.15) is 34.5 Å². The Kier molecular flexibility index (Phi) is 5.77. The van der Waals surface area contributed by atoms with Gasteiger partial charge in [0.05, 0.1) is 17.2 Å². The van der Waals surface area contributed by atoms with E-state index in [-0.39, 0.29) is 51.1 Å². The first kappa shape index (κ1) is 22.5. The number of fused-ring (bicyclic) bond motifs is 1. The molecule has 0 radical (unpaired) electrons. The molecule has 2 heterocycles. The minimum absolute atomic E-state index is 0.0125. The summed E-state index contributed by atoms with van der Waals surface area (Å²) < 4.78 is 42.3. The van der Waals surface area contributed by atoms with Gasteiger partial charge in [-0.25, -0.2) is 18.2 Å². The molecular formula is C22H17F3N8O. The lowest BCUT2D eigenvalue weighted by Crippen LogP contribution is -2.28. The van der Waals surface area contributed by atoms with E-state index >= 15 is 0 Å². The van der Waals surface area contributed by atoms with Gasteiger partial charge in [0, 0.05) is 5.56 Å². The number of nitrogen functional groups attached to an aromatic ring is 2. The molecule has 0 aliphatic carbocycles. The summed E-state index contributed by atoms with van der Waals surface area (Å²) in [5.74, 6) is -1.11. The van der Waals surface area contributed by atoms with Gasteiger partial charge in [0.2, 0.25) is 5.95 Å². The van der Waals surface area contributed by atoms with E-state index in [2.05, 4.69) is 20.3 Å². The molecule has 2 aromatic heterocycles. The first-order chi connectivity index (χ1) is 16.2. The quantitative estimate of drug-likeness (QED) is 0.405. The van der Waals surface area contributed by atoms with Gasteiger partial charge in [-0.05, 0) is 31.2 Å². The Bertz CT molecular complexity index is 1510. The van der Waals surface area contributed by atoms with Gasteiger partial charge in [-0.15, -0.1) is 0 Å². The molecule has 0 fully saturated rings. The molecule has 2 aromatic carbocycles. The van der Waals surface area contributed by atoms with E-state index in [4.69, 9.17) is 11.5 Å². The number of aromatic nitrogens is 4. The van der Waals surface area contributed by atoms with E-state index in [1.807, 2.05) is 6.07 Å². The average Bonchev–Trinajstić information content (AvgIpc) is 2.78. The number of benzene rings is 2. The van der Waals surface area contributed by atoms with Crippen molar-refractivity contribution in [2.24, 2.45) is 0 Å². The van der Waals surface area contributed by atoms with E-state index in [9.17, 15) is 23.2 Å². The number of nitriles is 1. The predicted molar refractivity (Wildman–Crippen MR) is 120 cm³/mol. The lowest BCUT2D eigenvalue weighted by Gasteiger charge is -2.21. The number of alkyl halides is 2. The van der Waals surface area contributed by atoms with Crippen LogP contribution in [0.2, 0.25) is 0 Å². The molecule has 0 aliphatic heterocycles. The monoisotopic (exact) mass is 466 g/mol. The van der Waals surface area contributed by atoms with Crippen LogP contribution in [-0.4, -0.2) is 19.5 Å². The Morgan fingerprint density at radius 2 is 1.85 bits per heavy atom. The molecular weight excluding hydrogens is 449 g/mol. The molecule has 1 atom stereocenters. The first-order valence-corrected chi connectivity index (χ1v) is 9.90. The second kappa shape index (κ2) is 8.70. The molecule has 9 nitrogen and oxygen atoms in total. The van der Waals surface area contributed by atoms with E-state index in [0.29, 0.717) is 0 Å². The summed E-state index contributed by atoms with van der Waals surface area (Å²) in [6, 6.07) is 10.1. The summed E-state index contributed by atoms with van der Waals surface area (Å²) in [6.07, 6.45) is -2.79. The molecule has 4 aromatic rings. The van der Waals surface area contributed by atoms with Crippen LogP contribution >= 0.6 is 0 Å². The lowest BCUT2D eigenvalue weighted by atomic mass is 10.1. The molecule has 0 unspecified atom stereocenters. The number of nitrogens with two attached hydrogens (primary N) is 2. The van der Waals surface area contributed by atoms with E-state index in [1.165, 1.54) is 30.3 Å².